The smallest absolute Gasteiger partial charge is 0.0346 e. The van der Waals surface area contributed by atoms with Crippen molar-refractivity contribution < 1.29 is 0 Å². The van der Waals surface area contributed by atoms with E-state index in [1.807, 2.05) is 0 Å². The predicted octanol–water partition coefficient (Wildman–Crippen LogP) is 4.54. The number of nitrogens with one attached hydrogen (secondary N) is 1. The van der Waals surface area contributed by atoms with Crippen LogP contribution in [0.4, 0.5) is 0 Å². The minimum absolute atomic E-state index is 0.422. The molecule has 1 N–H and O–H groups in total. The van der Waals surface area contributed by atoms with E-state index in [2.05, 4.69) is 67.2 Å². The summed E-state index contributed by atoms with van der Waals surface area (Å²) in [5, 5.41) is 8.14. The quantitative estimate of drug-likeness (QED) is 0.831. The highest BCUT2D eigenvalue weighted by Gasteiger charge is 2.15. The third-order valence-corrected chi connectivity index (χ3v) is 4.21. The van der Waals surface area contributed by atoms with Gasteiger partial charge in [-0.05, 0) is 40.3 Å². The normalized spacial score (nSPS) is 12.9. The molecular weight excluding hydrogens is 238 g/mol. The van der Waals surface area contributed by atoms with Gasteiger partial charge in [0.15, 0.2) is 0 Å². The van der Waals surface area contributed by atoms with Gasteiger partial charge in [0, 0.05) is 12.6 Å². The van der Waals surface area contributed by atoms with Crippen LogP contribution in [0.2, 0.25) is 0 Å². The lowest BCUT2D eigenvalue weighted by molar-refractivity contribution is 0.410. The molecule has 0 radical (unpaired) electrons. The number of benzene rings is 1. The minimum Gasteiger partial charge on any atom is -0.306 e. The molecule has 0 saturated heterocycles. The lowest BCUT2D eigenvalue weighted by atomic mass is 9.96. The summed E-state index contributed by atoms with van der Waals surface area (Å²) in [4.78, 5) is 0. The summed E-state index contributed by atoms with van der Waals surface area (Å²) in [5.41, 5.74) is 4.19. The molecule has 1 heterocycles. The number of hydrogen-bond acceptors (Lipinski definition) is 2. The standard InChI is InChI=1S/C16H21NS/c1-12(2)16(14-7-5-4-6-8-14)17-9-15-11-18-10-13(15)3/h4-8,10-12,16-17H,9H2,1-3H3. The summed E-state index contributed by atoms with van der Waals surface area (Å²) in [5.74, 6) is 0.589. The maximum atomic E-state index is 3.69. The lowest BCUT2D eigenvalue weighted by Crippen LogP contribution is -2.25. The van der Waals surface area contributed by atoms with Crippen LogP contribution in [0.15, 0.2) is 41.1 Å². The van der Waals surface area contributed by atoms with Gasteiger partial charge >= 0.3 is 0 Å². The fourth-order valence-electron chi connectivity index (χ4n) is 2.19. The van der Waals surface area contributed by atoms with Crippen molar-refractivity contribution in [2.75, 3.05) is 0 Å². The molecule has 1 aromatic carbocycles. The fourth-order valence-corrected chi connectivity index (χ4v) is 3.04. The molecule has 1 aromatic heterocycles. The van der Waals surface area contributed by atoms with Gasteiger partial charge in [-0.3, -0.25) is 0 Å². The van der Waals surface area contributed by atoms with E-state index in [-0.39, 0.29) is 0 Å². The van der Waals surface area contributed by atoms with E-state index in [4.69, 9.17) is 0 Å². The minimum atomic E-state index is 0.422. The van der Waals surface area contributed by atoms with Crippen LogP contribution in [0.1, 0.15) is 36.6 Å². The van der Waals surface area contributed by atoms with E-state index in [0.29, 0.717) is 12.0 Å². The van der Waals surface area contributed by atoms with Crippen molar-refractivity contribution >= 4 is 11.3 Å². The van der Waals surface area contributed by atoms with Crippen molar-refractivity contribution in [1.82, 2.24) is 5.32 Å². The molecule has 96 valence electrons. The molecule has 0 fully saturated rings. The monoisotopic (exact) mass is 259 g/mol. The topological polar surface area (TPSA) is 12.0 Å². The molecule has 1 unspecified atom stereocenters. The first kappa shape index (κ1) is 13.3. The van der Waals surface area contributed by atoms with Crippen LogP contribution in [0.5, 0.6) is 0 Å². The van der Waals surface area contributed by atoms with Crippen molar-refractivity contribution in [1.29, 1.82) is 0 Å². The highest BCUT2D eigenvalue weighted by molar-refractivity contribution is 7.08. The number of aryl methyl sites for hydroxylation is 1. The van der Waals surface area contributed by atoms with Crippen LogP contribution < -0.4 is 5.32 Å². The highest BCUT2D eigenvalue weighted by Crippen LogP contribution is 2.23. The first-order valence-corrected chi connectivity index (χ1v) is 7.42. The SMILES string of the molecule is Cc1cscc1CNC(c1ccccc1)C(C)C. The molecular formula is C16H21NS. The molecule has 1 atom stereocenters. The first-order valence-electron chi connectivity index (χ1n) is 6.48. The van der Waals surface area contributed by atoms with Gasteiger partial charge in [-0.2, -0.15) is 11.3 Å². The van der Waals surface area contributed by atoms with Crippen LogP contribution in [0, 0.1) is 12.8 Å². The summed E-state index contributed by atoms with van der Waals surface area (Å²) < 4.78 is 0. The van der Waals surface area contributed by atoms with Crippen molar-refractivity contribution in [3.8, 4) is 0 Å². The fraction of sp³-hybridized carbons (Fsp3) is 0.375. The van der Waals surface area contributed by atoms with Gasteiger partial charge in [0.25, 0.3) is 0 Å². The predicted molar refractivity (Wildman–Crippen MR) is 79.9 cm³/mol. The van der Waals surface area contributed by atoms with Gasteiger partial charge in [0.1, 0.15) is 0 Å². The molecule has 0 aliphatic heterocycles. The second kappa shape index (κ2) is 6.17. The van der Waals surface area contributed by atoms with E-state index < -0.39 is 0 Å². The molecule has 2 rings (SSSR count). The van der Waals surface area contributed by atoms with E-state index in [0.717, 1.165) is 6.54 Å². The van der Waals surface area contributed by atoms with E-state index in [1.54, 1.807) is 11.3 Å². The van der Waals surface area contributed by atoms with Crippen molar-refractivity contribution in [2.24, 2.45) is 5.92 Å². The summed E-state index contributed by atoms with van der Waals surface area (Å²) in [6.45, 7) is 7.67. The molecule has 0 saturated carbocycles. The molecule has 0 spiro atoms. The van der Waals surface area contributed by atoms with Crippen molar-refractivity contribution in [2.45, 2.75) is 33.4 Å². The van der Waals surface area contributed by atoms with Crippen LogP contribution in [0.25, 0.3) is 0 Å². The molecule has 18 heavy (non-hydrogen) atoms. The molecule has 0 amide bonds. The maximum Gasteiger partial charge on any atom is 0.0346 e. The second-order valence-electron chi connectivity index (χ2n) is 5.09. The molecule has 0 aliphatic rings. The van der Waals surface area contributed by atoms with Crippen LogP contribution >= 0.6 is 11.3 Å². The Morgan fingerprint density at radius 3 is 2.39 bits per heavy atom. The first-order chi connectivity index (χ1) is 8.68. The van der Waals surface area contributed by atoms with Crippen molar-refractivity contribution in [3.63, 3.8) is 0 Å². The van der Waals surface area contributed by atoms with Gasteiger partial charge in [-0.15, -0.1) is 0 Å². The third kappa shape index (κ3) is 3.21. The lowest BCUT2D eigenvalue weighted by Gasteiger charge is -2.23. The Bertz CT molecular complexity index is 473. The average molecular weight is 259 g/mol. The Morgan fingerprint density at radius 2 is 1.83 bits per heavy atom. The zero-order valence-electron chi connectivity index (χ0n) is 11.3. The summed E-state index contributed by atoms with van der Waals surface area (Å²) >= 11 is 1.78. The molecule has 0 bridgehead atoms. The van der Waals surface area contributed by atoms with Gasteiger partial charge in [-0.1, -0.05) is 44.2 Å². The van der Waals surface area contributed by atoms with Crippen LogP contribution in [-0.2, 0) is 6.54 Å². The van der Waals surface area contributed by atoms with Gasteiger partial charge in [-0.25, -0.2) is 0 Å². The Balaban J connectivity index is 2.06. The van der Waals surface area contributed by atoms with Gasteiger partial charge < -0.3 is 5.32 Å². The van der Waals surface area contributed by atoms with Crippen LogP contribution in [-0.4, -0.2) is 0 Å². The Hall–Kier alpha value is -1.12. The third-order valence-electron chi connectivity index (χ3n) is 3.30. The zero-order valence-corrected chi connectivity index (χ0v) is 12.1. The van der Waals surface area contributed by atoms with Gasteiger partial charge in [0.2, 0.25) is 0 Å². The van der Waals surface area contributed by atoms with E-state index in [1.165, 1.54) is 16.7 Å². The summed E-state index contributed by atoms with van der Waals surface area (Å²) in [6.07, 6.45) is 0. The van der Waals surface area contributed by atoms with E-state index >= 15 is 0 Å². The largest absolute Gasteiger partial charge is 0.306 e. The zero-order chi connectivity index (χ0) is 13.0. The molecule has 2 aromatic rings. The second-order valence-corrected chi connectivity index (χ2v) is 5.84. The Morgan fingerprint density at radius 1 is 1.11 bits per heavy atom. The molecule has 2 heteroatoms. The van der Waals surface area contributed by atoms with Crippen LogP contribution in [0.3, 0.4) is 0 Å². The summed E-state index contributed by atoms with van der Waals surface area (Å²) in [7, 11) is 0. The van der Waals surface area contributed by atoms with Gasteiger partial charge in [0.05, 0.1) is 0 Å². The maximum absolute atomic E-state index is 3.69. The van der Waals surface area contributed by atoms with Crippen molar-refractivity contribution in [3.05, 3.63) is 57.8 Å². The average Bonchev–Trinajstić information content (AvgIpc) is 2.76. The highest BCUT2D eigenvalue weighted by atomic mass is 32.1. The molecule has 0 aliphatic carbocycles. The Labute approximate surface area is 114 Å². The number of hydrogen-bond donors (Lipinski definition) is 1. The molecule has 1 nitrogen and oxygen atoms in total. The number of rotatable bonds is 5. The number of thiophene rings is 1. The van der Waals surface area contributed by atoms with E-state index in [9.17, 15) is 0 Å². The Kier molecular flexibility index (Phi) is 4.56. The summed E-state index contributed by atoms with van der Waals surface area (Å²) in [6, 6.07) is 11.1.